The van der Waals surface area contributed by atoms with Crippen molar-refractivity contribution >= 4 is 94.0 Å². The van der Waals surface area contributed by atoms with Crippen LogP contribution in [-0.2, 0) is 64.0 Å². The number of aromatic hydroxyl groups is 1. The number of carbonyl (C=O) groups excluding carboxylic acids is 11. The molecular weight excluding hydrogens is 1270 g/mol. The summed E-state index contributed by atoms with van der Waals surface area (Å²) in [7, 11) is 0. The van der Waals surface area contributed by atoms with Crippen molar-refractivity contribution in [2.24, 2.45) is 91.7 Å². The molecule has 29 nitrogen and oxygen atoms in total. The van der Waals surface area contributed by atoms with Crippen LogP contribution in [0.4, 0.5) is 0 Å². The van der Waals surface area contributed by atoms with E-state index in [4.69, 9.17) is 34.4 Å². The van der Waals surface area contributed by atoms with Crippen molar-refractivity contribution < 1.29 is 78.0 Å². The third-order valence-corrected chi connectivity index (χ3v) is 17.3. The monoisotopic (exact) mass is 1390 g/mol. The summed E-state index contributed by atoms with van der Waals surface area (Å²) in [5.41, 5.74) is 34.0. The van der Waals surface area contributed by atoms with E-state index in [0.29, 0.717) is 24.8 Å². The number of carbonyl (C=O) groups is 12. The average molecular weight is 1390 g/mol. The van der Waals surface area contributed by atoms with E-state index >= 15 is 0 Å². The van der Waals surface area contributed by atoms with Crippen molar-refractivity contribution in [2.45, 2.75) is 213 Å². The third kappa shape index (κ3) is 36.0. The number of ketones is 5. The summed E-state index contributed by atoms with van der Waals surface area (Å²) < 4.78 is 0. The summed E-state index contributed by atoms with van der Waals surface area (Å²) in [6.07, 6.45) is 0.266. The Morgan fingerprint density at radius 1 is 0.505 bits per heavy atom. The highest BCUT2D eigenvalue weighted by atomic mass is 32.2. The number of aliphatic hydroxyl groups is 2. The Kier molecular flexibility index (Phi) is 42.7. The van der Waals surface area contributed by atoms with Gasteiger partial charge in [0.25, 0.3) is 0 Å². The smallest absolute Gasteiger partial charge is 0.305 e. The number of hydrogen-bond donors (Lipinski definition) is 15. The van der Waals surface area contributed by atoms with Crippen molar-refractivity contribution in [3.05, 3.63) is 29.8 Å². The zero-order chi connectivity index (χ0) is 73.5. The Hall–Kier alpha value is -7.57. The molecule has 0 unspecified atom stereocenters. The second-order valence-corrected chi connectivity index (χ2v) is 27.1. The lowest BCUT2D eigenvalue weighted by Crippen LogP contribution is -2.51. The number of guanidine groups is 2. The largest absolute Gasteiger partial charge is 0.508 e. The summed E-state index contributed by atoms with van der Waals surface area (Å²) >= 11 is 1.30. The molecule has 1 aromatic carbocycles. The van der Waals surface area contributed by atoms with Crippen molar-refractivity contribution in [3.8, 4) is 5.75 Å². The number of aliphatic carboxylic acids is 1. The van der Waals surface area contributed by atoms with E-state index in [1.807, 2.05) is 41.5 Å². The van der Waals surface area contributed by atoms with E-state index in [1.54, 1.807) is 6.26 Å². The van der Waals surface area contributed by atoms with E-state index in [-0.39, 0.29) is 131 Å². The number of thioether (sulfide) groups is 1. The Balaban J connectivity index is 3.64. The maximum atomic E-state index is 14.6. The van der Waals surface area contributed by atoms with Gasteiger partial charge in [-0.1, -0.05) is 72.9 Å². The first kappa shape index (κ1) is 87.4. The number of nitrogens with one attached hydrogen (secondary N) is 5. The van der Waals surface area contributed by atoms with Crippen LogP contribution in [0.15, 0.2) is 34.3 Å². The van der Waals surface area contributed by atoms with E-state index in [2.05, 4.69) is 36.6 Å². The van der Waals surface area contributed by atoms with Gasteiger partial charge in [-0.25, -0.2) is 0 Å². The molecule has 97 heavy (non-hydrogen) atoms. The van der Waals surface area contributed by atoms with Gasteiger partial charge in [-0.2, -0.15) is 11.8 Å². The number of primary amides is 1. The summed E-state index contributed by atoms with van der Waals surface area (Å²) in [5, 5.41) is 54.9. The number of phenolic OH excluding ortho intramolecular Hbond substituents is 1. The van der Waals surface area contributed by atoms with Gasteiger partial charge in [-0.15, -0.1) is 0 Å². The van der Waals surface area contributed by atoms with Crippen LogP contribution in [0.5, 0.6) is 5.75 Å². The van der Waals surface area contributed by atoms with Crippen LogP contribution in [0.3, 0.4) is 0 Å². The van der Waals surface area contributed by atoms with Gasteiger partial charge >= 0.3 is 5.97 Å². The Morgan fingerprint density at radius 2 is 0.959 bits per heavy atom. The topological polar surface area (TPSA) is 527 Å². The predicted molar refractivity (Wildman–Crippen MR) is 371 cm³/mol. The van der Waals surface area contributed by atoms with Gasteiger partial charge in [0.2, 0.25) is 35.4 Å². The fraction of sp³-hybridized carbons (Fsp3) is 0.701. The number of aliphatic hydroxyl groups excluding tert-OH is 2. The number of unbranched alkanes of at least 4 members (excludes halogenated alkanes) is 2. The lowest BCUT2D eigenvalue weighted by molar-refractivity contribution is -0.142. The number of carboxylic acids is 1. The molecule has 0 spiro atoms. The van der Waals surface area contributed by atoms with E-state index < -0.39 is 169 Å². The number of Topliss-reactive ketones (excluding diaryl/α,β-unsaturated/α-hetero) is 5. The number of nitrogens with zero attached hydrogens (tertiary/aromatic N) is 2. The van der Waals surface area contributed by atoms with Crippen LogP contribution >= 0.6 is 11.8 Å². The number of benzene rings is 1. The van der Waals surface area contributed by atoms with Gasteiger partial charge < -0.3 is 81.4 Å². The van der Waals surface area contributed by atoms with E-state index in [1.165, 1.54) is 43.0 Å². The second kappa shape index (κ2) is 47.4. The molecule has 548 valence electrons. The Bertz CT molecular complexity index is 2760. The number of aliphatic imine (C=N–C) groups is 2. The van der Waals surface area contributed by atoms with Gasteiger partial charge in [0.15, 0.2) is 35.1 Å². The van der Waals surface area contributed by atoms with Gasteiger partial charge in [-0.05, 0) is 126 Å². The van der Waals surface area contributed by atoms with E-state index in [0.717, 1.165) is 12.8 Å². The molecule has 12 atom stereocenters. The fourth-order valence-electron chi connectivity index (χ4n) is 11.0. The number of nitrogens with two attached hydrogens (primary N) is 6. The first-order valence-electron chi connectivity index (χ1n) is 33.7. The van der Waals surface area contributed by atoms with Gasteiger partial charge in [0.05, 0.1) is 55.1 Å². The molecule has 0 saturated heterocycles. The molecule has 30 heteroatoms. The molecule has 1 rings (SSSR count). The highest BCUT2D eigenvalue weighted by molar-refractivity contribution is 7.98. The Morgan fingerprint density at radius 3 is 1.45 bits per heavy atom. The highest BCUT2D eigenvalue weighted by Gasteiger charge is 2.38. The van der Waals surface area contributed by atoms with Crippen LogP contribution < -0.4 is 61.0 Å². The summed E-state index contributed by atoms with van der Waals surface area (Å²) in [5.74, 6) is -16.5. The van der Waals surface area contributed by atoms with Crippen molar-refractivity contribution in [3.63, 3.8) is 0 Å². The van der Waals surface area contributed by atoms with Gasteiger partial charge in [-0.3, -0.25) is 67.5 Å². The molecule has 0 aromatic heterocycles. The lowest BCUT2D eigenvalue weighted by atomic mass is 9.86. The number of phenols is 1. The first-order valence-corrected chi connectivity index (χ1v) is 35.1. The molecule has 0 aliphatic rings. The van der Waals surface area contributed by atoms with Gasteiger partial charge in [0, 0.05) is 68.9 Å². The maximum absolute atomic E-state index is 14.6. The molecule has 21 N–H and O–H groups in total. The maximum Gasteiger partial charge on any atom is 0.305 e. The third-order valence-electron chi connectivity index (χ3n) is 16.6. The minimum atomic E-state index is -1.85. The average Bonchev–Trinajstić information content (AvgIpc) is 0.886. The fourth-order valence-corrected chi connectivity index (χ4v) is 11.5. The number of rotatable bonds is 54. The quantitative estimate of drug-likeness (QED) is 0.0249. The van der Waals surface area contributed by atoms with Crippen molar-refractivity contribution in [1.29, 1.82) is 0 Å². The molecule has 0 fully saturated rings. The van der Waals surface area contributed by atoms with Crippen LogP contribution in [0.25, 0.3) is 0 Å². The minimum Gasteiger partial charge on any atom is -0.508 e. The molecule has 0 heterocycles. The van der Waals surface area contributed by atoms with Crippen LogP contribution in [0, 0.1) is 47.3 Å². The van der Waals surface area contributed by atoms with Gasteiger partial charge in [0.1, 0.15) is 17.6 Å². The molecule has 0 aliphatic heterocycles. The van der Waals surface area contributed by atoms with E-state index in [9.17, 15) is 78.0 Å². The molecule has 1 aromatic rings. The number of amides is 6. The molecule has 0 aliphatic carbocycles. The van der Waals surface area contributed by atoms with Crippen LogP contribution in [0.2, 0.25) is 0 Å². The summed E-state index contributed by atoms with van der Waals surface area (Å²) in [6.45, 7) is 11.9. The van der Waals surface area contributed by atoms with Crippen molar-refractivity contribution in [1.82, 2.24) is 26.6 Å². The molecule has 0 saturated carbocycles. The van der Waals surface area contributed by atoms with Crippen LogP contribution in [-0.4, -0.2) is 177 Å². The lowest BCUT2D eigenvalue weighted by Gasteiger charge is -2.27. The van der Waals surface area contributed by atoms with Crippen LogP contribution in [0.1, 0.15) is 176 Å². The number of hydrogen-bond acceptors (Lipinski definition) is 19. The SMILES string of the molecule is CCCC[C@H](C)C(=O)C[C@@H](CC(C)C)C(=O)N[C@@H](CCCN=C(N)N)C(=O)C[C@H](CO)C(=O)N[C@@H](CCSC)C(=O)C[C@H](C(=O)N[C@@H](CC(=O)O)C(=O)C[C@@H](CCCCN)C(=O)N[C@@H](Cc1ccc(O)cc1)C(=O)C[C@@H](CCCN=C(N)N)C(=O)N[C@@H](CC(C)C)C(N)=O)[C@@H](C)O. The normalized spacial score (nSPS) is 15.1. The summed E-state index contributed by atoms with van der Waals surface area (Å²) in [6, 6.07) is -1.16. The molecule has 0 radical (unpaired) electrons. The zero-order valence-electron chi connectivity index (χ0n) is 58.0. The predicted octanol–water partition coefficient (Wildman–Crippen LogP) is 1.48. The molecular formula is C67H113N13O16S. The first-order chi connectivity index (χ1) is 45.7. The number of carboxylic acid groups (broad SMARTS) is 1. The standard InChI is InChI=1S/C67H113N13O16S/c1-9-10-15-40(6)54(84)33-45(28-38(2)3)63(94)76-49(18-14-26-75-67(72)73)55(85)34-46(37-81)64(95)77-50(23-27-97-8)58(88)35-48(41(7)82)65(96)79-52(36-59(89)90)57(87)31-43(16-11-12-24-68)61(92)78-51(30-42-19-21-47(83)22-20-42)56(86)32-44(17-13-25-74-66(70)71)62(93)80-53(60(69)91)29-39(4)5/h19-22,38-41,43-46,48-53,81-83H,9-18,23-37,68H2,1-8H3,(H2,69,91)(H,76,94)(H,77,95)(H,78,92)(H,79,96)(H,80,93)(H,89,90)(H4,70,71,74)(H4,72,73,75)/t40-,41+,43+,44+,45+,46+,48-,49-,50-,51-,52-,53-/m0/s1. The summed E-state index contributed by atoms with van der Waals surface area (Å²) in [4.78, 5) is 174. The molecule has 6 amide bonds. The minimum absolute atomic E-state index is 0.00634. The zero-order valence-corrected chi connectivity index (χ0v) is 58.8. The Labute approximate surface area is 575 Å². The highest BCUT2D eigenvalue weighted by Crippen LogP contribution is 2.25. The molecule has 0 bridgehead atoms. The second-order valence-electron chi connectivity index (χ2n) is 26.1. The van der Waals surface area contributed by atoms with Crippen molar-refractivity contribution in [2.75, 3.05) is 38.2 Å².